The molecule has 334 valence electrons. The lowest BCUT2D eigenvalue weighted by Crippen LogP contribution is -2.14. The highest BCUT2D eigenvalue weighted by molar-refractivity contribution is 7.86. The summed E-state index contributed by atoms with van der Waals surface area (Å²) in [6.45, 7) is 14.9. The van der Waals surface area contributed by atoms with Crippen molar-refractivity contribution in [1.29, 1.82) is 0 Å². The van der Waals surface area contributed by atoms with Gasteiger partial charge in [0, 0.05) is 13.9 Å². The Hall–Kier alpha value is -1.57. The maximum atomic E-state index is 11.9. The molecule has 0 aromatic heterocycles. The highest BCUT2D eigenvalue weighted by Crippen LogP contribution is 2.58. The van der Waals surface area contributed by atoms with Crippen molar-refractivity contribution in [2.24, 2.45) is 11.8 Å². The summed E-state index contributed by atoms with van der Waals surface area (Å²) in [6.07, 6.45) is 35.5. The maximum Gasteiger partial charge on any atom is 0.296 e. The van der Waals surface area contributed by atoms with Gasteiger partial charge in [-0.15, -0.1) is 0 Å². The lowest BCUT2D eigenvalue weighted by molar-refractivity contribution is 0.306. The molecule has 0 heterocycles. The van der Waals surface area contributed by atoms with E-state index in [-0.39, 0.29) is 19.4 Å². The summed E-state index contributed by atoms with van der Waals surface area (Å²) in [7, 11) is -4.47. The Kier molecular flexibility index (Phi) is 30.9. The summed E-state index contributed by atoms with van der Waals surface area (Å²) in [4.78, 5) is 0.238. The number of hydrogen-bond acceptors (Lipinski definition) is 3. The van der Waals surface area contributed by atoms with Crippen LogP contribution in [0.25, 0.3) is 0 Å². The molecular weight excluding hydrogens is 779 g/mol. The molecule has 0 spiro atoms. The average molecular weight is 868 g/mol. The molecule has 0 amide bonds. The molecule has 59 heavy (non-hydrogen) atoms. The van der Waals surface area contributed by atoms with Crippen molar-refractivity contribution in [3.63, 3.8) is 0 Å². The molecule has 3 aromatic rings. The quantitative estimate of drug-likeness (QED) is 0.0341. The molecule has 0 saturated heterocycles. The van der Waals surface area contributed by atoms with Crippen molar-refractivity contribution in [3.8, 4) is 0 Å². The van der Waals surface area contributed by atoms with Gasteiger partial charge < -0.3 is 0 Å². The number of unbranched alkanes of at least 4 members (excludes halogenated alkanes) is 20. The van der Waals surface area contributed by atoms with Crippen LogP contribution in [0.3, 0.4) is 0 Å². The van der Waals surface area contributed by atoms with Crippen molar-refractivity contribution >= 4 is 35.9 Å². The van der Waals surface area contributed by atoms with E-state index >= 15 is 0 Å². The molecule has 0 unspecified atom stereocenters. The molecule has 0 fully saturated rings. The van der Waals surface area contributed by atoms with Crippen LogP contribution in [-0.4, -0.2) is 46.3 Å². The van der Waals surface area contributed by atoms with Gasteiger partial charge >= 0.3 is 0 Å². The minimum atomic E-state index is -3.57. The Labute approximate surface area is 368 Å². The van der Waals surface area contributed by atoms with E-state index in [0.29, 0.717) is 0 Å². The molecule has 0 aliphatic rings. The average Bonchev–Trinajstić information content (AvgIpc) is 3.22. The van der Waals surface area contributed by atoms with E-state index in [1.54, 1.807) is 36.5 Å². The second-order valence-electron chi connectivity index (χ2n) is 18.3. The van der Waals surface area contributed by atoms with Crippen LogP contribution in [-0.2, 0) is 14.3 Å². The maximum absolute atomic E-state index is 11.9. The first-order valence-corrected chi connectivity index (χ1v) is 29.9. The van der Waals surface area contributed by atoms with E-state index in [1.807, 2.05) is 0 Å². The standard InChI is InChI=1S/C35H59P2.C18H30O3S/c1-32(2)30-37(5,31-33(3)4)29-23-15-13-11-9-7-6-8-10-12-14-22-28-36(34-24-18-16-19-25-34)35-26-20-17-21-27-35;1-2-3-4-5-6-7-8-9-10-14-17-21-22(19,20)18-15-12-11-13-16-18/h16-21,24-27,32-33H,6-15,22-23,28-31H2,1-5H3;11-13,15-16H,2-10,14,17H2,1H3/q+1;. The minimum absolute atomic E-state index is 0.203. The molecule has 6 heteroatoms. The third-order valence-corrected chi connectivity index (χ3v) is 19.9. The summed E-state index contributed by atoms with van der Waals surface area (Å²) < 4.78 is 28.8. The lowest BCUT2D eigenvalue weighted by atomic mass is 10.1. The van der Waals surface area contributed by atoms with E-state index in [0.717, 1.165) is 24.7 Å². The van der Waals surface area contributed by atoms with Crippen LogP contribution in [0.1, 0.15) is 176 Å². The molecule has 0 N–H and O–H groups in total. The van der Waals surface area contributed by atoms with Gasteiger partial charge in [-0.1, -0.05) is 229 Å². The predicted octanol–water partition coefficient (Wildman–Crippen LogP) is 16.1. The van der Waals surface area contributed by atoms with Crippen LogP contribution >= 0.6 is 15.2 Å². The highest BCUT2D eigenvalue weighted by Gasteiger charge is 2.32. The van der Waals surface area contributed by atoms with Crippen LogP contribution in [0, 0.1) is 11.8 Å². The van der Waals surface area contributed by atoms with E-state index in [1.165, 1.54) is 158 Å². The Balaban J connectivity index is 0.000000464. The number of benzene rings is 3. The second kappa shape index (κ2) is 34.0. The van der Waals surface area contributed by atoms with Crippen LogP contribution in [0.4, 0.5) is 0 Å². The van der Waals surface area contributed by atoms with Crippen molar-refractivity contribution in [2.45, 2.75) is 181 Å². The van der Waals surface area contributed by atoms with Crippen LogP contribution in [0.15, 0.2) is 95.9 Å². The predicted molar refractivity (Wildman–Crippen MR) is 268 cm³/mol. The first kappa shape index (κ1) is 53.6. The van der Waals surface area contributed by atoms with Crippen molar-refractivity contribution in [2.75, 3.05) is 37.9 Å². The summed E-state index contributed by atoms with van der Waals surface area (Å²) in [5.41, 5.74) is 0. The Morgan fingerprint density at radius 1 is 0.492 bits per heavy atom. The zero-order chi connectivity index (χ0) is 42.9. The summed E-state index contributed by atoms with van der Waals surface area (Å²) in [6, 6.07) is 30.7. The van der Waals surface area contributed by atoms with Gasteiger partial charge in [-0.25, -0.2) is 0 Å². The molecule has 3 nitrogen and oxygen atoms in total. The van der Waals surface area contributed by atoms with Crippen LogP contribution in [0.5, 0.6) is 0 Å². The number of hydrogen-bond donors (Lipinski definition) is 0. The summed E-state index contributed by atoms with van der Waals surface area (Å²) in [5, 5.41) is 3.07. The Morgan fingerprint density at radius 3 is 1.25 bits per heavy atom. The van der Waals surface area contributed by atoms with Crippen molar-refractivity contribution in [1.82, 2.24) is 0 Å². The summed E-state index contributed by atoms with van der Waals surface area (Å²) in [5.74, 6) is 1.75. The molecule has 3 aromatic carbocycles. The van der Waals surface area contributed by atoms with Gasteiger partial charge in [0.1, 0.15) is 0 Å². The van der Waals surface area contributed by atoms with Crippen LogP contribution < -0.4 is 10.6 Å². The van der Waals surface area contributed by atoms with E-state index in [4.69, 9.17) is 4.18 Å². The second-order valence-corrected chi connectivity index (χ2v) is 26.7. The molecule has 3 rings (SSSR count). The normalized spacial score (nSPS) is 12.0. The monoisotopic (exact) mass is 868 g/mol. The molecule has 0 atom stereocenters. The third-order valence-electron chi connectivity index (χ3n) is 11.3. The fourth-order valence-electron chi connectivity index (χ4n) is 8.59. The molecular formula is C53H89O3P2S+. The zero-order valence-electron chi connectivity index (χ0n) is 38.9. The van der Waals surface area contributed by atoms with Gasteiger partial charge in [-0.05, 0) is 74.3 Å². The first-order valence-electron chi connectivity index (χ1n) is 24.2. The van der Waals surface area contributed by atoms with E-state index in [2.05, 4.69) is 102 Å². The lowest BCUT2D eigenvalue weighted by Gasteiger charge is -2.27. The Morgan fingerprint density at radius 2 is 0.847 bits per heavy atom. The van der Waals surface area contributed by atoms with E-state index in [9.17, 15) is 8.42 Å². The van der Waals surface area contributed by atoms with Gasteiger partial charge in [0.05, 0.1) is 30.0 Å². The van der Waals surface area contributed by atoms with Gasteiger partial charge in [0.2, 0.25) is 0 Å². The molecule has 0 radical (unpaired) electrons. The Bertz CT molecular complexity index is 1430. The number of rotatable bonds is 34. The SMILES string of the molecule is CC(C)C[P+](C)(CCCCCCCCCCCCCCP(c1ccccc1)c1ccccc1)CC(C)C.CCCCCCCCCCCCOS(=O)(=O)c1ccccc1. The highest BCUT2D eigenvalue weighted by atomic mass is 32.2. The van der Waals surface area contributed by atoms with E-state index < -0.39 is 17.4 Å². The van der Waals surface area contributed by atoms with Gasteiger partial charge in [-0.3, -0.25) is 4.18 Å². The van der Waals surface area contributed by atoms with Crippen molar-refractivity contribution < 1.29 is 12.6 Å². The third kappa shape index (κ3) is 27.2. The summed E-state index contributed by atoms with van der Waals surface area (Å²) >= 11 is 0. The topological polar surface area (TPSA) is 43.4 Å². The van der Waals surface area contributed by atoms with Gasteiger partial charge in [0.15, 0.2) is 0 Å². The molecule has 0 saturated carbocycles. The van der Waals surface area contributed by atoms with Crippen molar-refractivity contribution in [3.05, 3.63) is 91.0 Å². The molecule has 0 aliphatic carbocycles. The molecule has 0 bridgehead atoms. The van der Waals surface area contributed by atoms with Gasteiger partial charge in [0.25, 0.3) is 10.1 Å². The van der Waals surface area contributed by atoms with Crippen LogP contribution in [0.2, 0.25) is 0 Å². The molecule has 0 aliphatic heterocycles. The largest absolute Gasteiger partial charge is 0.296 e. The fourth-order valence-corrected chi connectivity index (χ4v) is 17.0. The first-order chi connectivity index (χ1) is 28.6. The fraction of sp³-hybridized carbons (Fsp3) is 0.660. The smallest absolute Gasteiger partial charge is 0.266 e. The van der Waals surface area contributed by atoms with Gasteiger partial charge in [-0.2, -0.15) is 8.42 Å². The zero-order valence-corrected chi connectivity index (χ0v) is 41.5. The minimum Gasteiger partial charge on any atom is -0.266 e.